The number of aromatic amines is 1. The van der Waals surface area contributed by atoms with Gasteiger partial charge in [-0.15, -0.1) is 0 Å². The summed E-state index contributed by atoms with van der Waals surface area (Å²) in [6.45, 7) is 1.83. The highest BCUT2D eigenvalue weighted by molar-refractivity contribution is 5.98. The van der Waals surface area contributed by atoms with Crippen molar-refractivity contribution in [2.45, 2.75) is 12.5 Å². The monoisotopic (exact) mass is 294 g/mol. The summed E-state index contributed by atoms with van der Waals surface area (Å²) in [6.07, 6.45) is 0. The van der Waals surface area contributed by atoms with Crippen LogP contribution in [0.15, 0.2) is 60.7 Å². The van der Waals surface area contributed by atoms with Gasteiger partial charge in [-0.05, 0) is 24.6 Å². The normalized spacial score (nSPS) is 13.7. The Morgan fingerprint density at radius 3 is 2.55 bits per heavy atom. The van der Waals surface area contributed by atoms with Crippen LogP contribution in [0.4, 0.5) is 0 Å². The van der Waals surface area contributed by atoms with E-state index in [4.69, 9.17) is 0 Å². The highest BCUT2D eigenvalue weighted by Gasteiger charge is 2.24. The van der Waals surface area contributed by atoms with Crippen molar-refractivity contribution in [3.63, 3.8) is 0 Å². The van der Waals surface area contributed by atoms with E-state index in [1.54, 1.807) is 6.92 Å². The molecule has 1 heterocycles. The van der Waals surface area contributed by atoms with E-state index in [1.165, 1.54) is 0 Å². The Bertz CT molecular complexity index is 758. The molecule has 0 saturated heterocycles. The molecule has 1 unspecified atom stereocenters. The zero-order chi connectivity index (χ0) is 15.6. The zero-order valence-corrected chi connectivity index (χ0v) is 12.3. The molecule has 1 aromatic heterocycles. The first-order valence-corrected chi connectivity index (χ1v) is 7.20. The van der Waals surface area contributed by atoms with Crippen molar-refractivity contribution >= 4 is 16.8 Å². The van der Waals surface area contributed by atoms with Gasteiger partial charge in [-0.25, -0.2) is 0 Å². The second kappa shape index (κ2) is 5.66. The van der Waals surface area contributed by atoms with Gasteiger partial charge >= 0.3 is 0 Å². The van der Waals surface area contributed by atoms with Crippen LogP contribution in [0.1, 0.15) is 23.0 Å². The largest absolute Gasteiger partial charge is 0.384 e. The minimum Gasteiger partial charge on any atom is -0.384 e. The molecular weight excluding hydrogens is 276 g/mol. The SMILES string of the molecule is CC(O)(CNC(=O)c1cc2ccccc2[nH]1)c1ccccc1. The fraction of sp³-hybridized carbons (Fsp3) is 0.167. The smallest absolute Gasteiger partial charge is 0.267 e. The van der Waals surface area contributed by atoms with Crippen LogP contribution in [0.2, 0.25) is 0 Å². The highest BCUT2D eigenvalue weighted by Crippen LogP contribution is 2.19. The third-order valence-electron chi connectivity index (χ3n) is 3.76. The van der Waals surface area contributed by atoms with Gasteiger partial charge in [0.1, 0.15) is 11.3 Å². The molecule has 1 atom stereocenters. The molecule has 0 radical (unpaired) electrons. The minimum atomic E-state index is -1.11. The molecule has 0 bridgehead atoms. The molecule has 0 aliphatic heterocycles. The molecule has 3 N–H and O–H groups in total. The van der Waals surface area contributed by atoms with Gasteiger partial charge < -0.3 is 15.4 Å². The first-order chi connectivity index (χ1) is 10.6. The third-order valence-corrected chi connectivity index (χ3v) is 3.76. The molecule has 0 saturated carbocycles. The number of nitrogens with one attached hydrogen (secondary N) is 2. The van der Waals surface area contributed by atoms with Crippen molar-refractivity contribution in [1.82, 2.24) is 10.3 Å². The number of aromatic nitrogens is 1. The molecule has 0 fully saturated rings. The Balaban J connectivity index is 1.72. The Kier molecular flexibility index (Phi) is 3.69. The van der Waals surface area contributed by atoms with Crippen molar-refractivity contribution in [3.05, 3.63) is 71.9 Å². The van der Waals surface area contributed by atoms with Gasteiger partial charge in [0.05, 0.1) is 6.54 Å². The van der Waals surface area contributed by atoms with E-state index >= 15 is 0 Å². The molecular formula is C18H18N2O2. The summed E-state index contributed by atoms with van der Waals surface area (Å²) < 4.78 is 0. The topological polar surface area (TPSA) is 65.1 Å². The summed E-state index contributed by atoms with van der Waals surface area (Å²) >= 11 is 0. The molecule has 3 aromatic rings. The summed E-state index contributed by atoms with van der Waals surface area (Å²) in [5.41, 5.74) is 1.07. The number of benzene rings is 2. The maximum absolute atomic E-state index is 12.2. The number of fused-ring (bicyclic) bond motifs is 1. The fourth-order valence-electron chi connectivity index (χ4n) is 2.44. The molecule has 0 spiro atoms. The van der Waals surface area contributed by atoms with Gasteiger partial charge in [-0.2, -0.15) is 0 Å². The lowest BCUT2D eigenvalue weighted by Gasteiger charge is -2.24. The summed E-state index contributed by atoms with van der Waals surface area (Å²) in [5, 5.41) is 14.3. The van der Waals surface area contributed by atoms with Gasteiger partial charge in [-0.1, -0.05) is 48.5 Å². The number of rotatable bonds is 4. The molecule has 0 aliphatic rings. The molecule has 1 amide bonds. The predicted molar refractivity (Wildman–Crippen MR) is 86.6 cm³/mol. The number of carbonyl (C=O) groups excluding carboxylic acids is 1. The number of amides is 1. The van der Waals surface area contributed by atoms with Crippen LogP contribution in [0.5, 0.6) is 0 Å². The van der Waals surface area contributed by atoms with Crippen molar-refractivity contribution in [2.24, 2.45) is 0 Å². The van der Waals surface area contributed by atoms with Crippen molar-refractivity contribution in [2.75, 3.05) is 6.54 Å². The van der Waals surface area contributed by atoms with Crippen LogP contribution in [0.3, 0.4) is 0 Å². The zero-order valence-electron chi connectivity index (χ0n) is 12.3. The van der Waals surface area contributed by atoms with E-state index in [1.807, 2.05) is 60.7 Å². The summed E-state index contributed by atoms with van der Waals surface area (Å²) in [7, 11) is 0. The van der Waals surface area contributed by atoms with Crippen LogP contribution < -0.4 is 5.32 Å². The second-order valence-electron chi connectivity index (χ2n) is 5.59. The molecule has 22 heavy (non-hydrogen) atoms. The first kappa shape index (κ1) is 14.4. The van der Waals surface area contributed by atoms with Gasteiger partial charge in [-0.3, -0.25) is 4.79 Å². The summed E-state index contributed by atoms with van der Waals surface area (Å²) in [4.78, 5) is 15.3. The maximum Gasteiger partial charge on any atom is 0.267 e. The Morgan fingerprint density at radius 2 is 1.82 bits per heavy atom. The number of H-pyrrole nitrogens is 1. The quantitative estimate of drug-likeness (QED) is 0.693. The van der Waals surface area contributed by atoms with Gasteiger partial charge in [0.25, 0.3) is 5.91 Å². The van der Waals surface area contributed by atoms with Gasteiger partial charge in [0.15, 0.2) is 0 Å². The number of para-hydroxylation sites is 1. The van der Waals surface area contributed by atoms with Crippen LogP contribution in [-0.2, 0) is 5.60 Å². The van der Waals surface area contributed by atoms with Crippen LogP contribution in [0.25, 0.3) is 10.9 Å². The predicted octanol–water partition coefficient (Wildman–Crippen LogP) is 2.81. The summed E-state index contributed by atoms with van der Waals surface area (Å²) in [5.74, 6) is -0.229. The van der Waals surface area contributed by atoms with Crippen LogP contribution in [0, 0.1) is 0 Å². The maximum atomic E-state index is 12.2. The highest BCUT2D eigenvalue weighted by atomic mass is 16.3. The van der Waals surface area contributed by atoms with Crippen LogP contribution >= 0.6 is 0 Å². The minimum absolute atomic E-state index is 0.144. The lowest BCUT2D eigenvalue weighted by atomic mass is 9.96. The Labute approximate surface area is 128 Å². The molecule has 4 nitrogen and oxygen atoms in total. The first-order valence-electron chi connectivity index (χ1n) is 7.20. The van der Waals surface area contributed by atoms with E-state index in [-0.39, 0.29) is 12.5 Å². The van der Waals surface area contributed by atoms with E-state index in [9.17, 15) is 9.90 Å². The molecule has 2 aromatic carbocycles. The second-order valence-corrected chi connectivity index (χ2v) is 5.59. The lowest BCUT2D eigenvalue weighted by molar-refractivity contribution is 0.0525. The molecule has 4 heteroatoms. The fourth-order valence-corrected chi connectivity index (χ4v) is 2.44. The lowest BCUT2D eigenvalue weighted by Crippen LogP contribution is -2.38. The Morgan fingerprint density at radius 1 is 1.14 bits per heavy atom. The average Bonchev–Trinajstić information content (AvgIpc) is 2.98. The molecule has 0 aliphatic carbocycles. The van der Waals surface area contributed by atoms with E-state index in [0.717, 1.165) is 16.5 Å². The standard InChI is InChI=1S/C18H18N2O2/c1-18(22,14-8-3-2-4-9-14)12-19-17(21)16-11-13-7-5-6-10-15(13)20-16/h2-11,20,22H,12H2,1H3,(H,19,21). The number of carbonyl (C=O) groups is 1. The van der Waals surface area contributed by atoms with E-state index in [0.29, 0.717) is 5.69 Å². The van der Waals surface area contributed by atoms with Gasteiger partial charge in [0, 0.05) is 10.9 Å². The number of hydrogen-bond acceptors (Lipinski definition) is 2. The average molecular weight is 294 g/mol. The van der Waals surface area contributed by atoms with E-state index in [2.05, 4.69) is 10.3 Å². The summed E-state index contributed by atoms with van der Waals surface area (Å²) in [6, 6.07) is 18.8. The van der Waals surface area contributed by atoms with Crippen LogP contribution in [-0.4, -0.2) is 22.5 Å². The number of hydrogen-bond donors (Lipinski definition) is 3. The molecule has 112 valence electrons. The van der Waals surface area contributed by atoms with Crippen molar-refractivity contribution < 1.29 is 9.90 Å². The van der Waals surface area contributed by atoms with E-state index < -0.39 is 5.60 Å². The third kappa shape index (κ3) is 2.87. The number of aliphatic hydroxyl groups is 1. The van der Waals surface area contributed by atoms with Crippen molar-refractivity contribution in [1.29, 1.82) is 0 Å². The molecule has 3 rings (SSSR count). The van der Waals surface area contributed by atoms with Gasteiger partial charge in [0.2, 0.25) is 0 Å². The Hall–Kier alpha value is -2.59. The van der Waals surface area contributed by atoms with Crippen molar-refractivity contribution in [3.8, 4) is 0 Å².